The number of aryl methyl sites for hydroxylation is 1. The van der Waals surface area contributed by atoms with Crippen molar-refractivity contribution in [3.63, 3.8) is 0 Å². The number of nitrogens with zero attached hydrogens (tertiary/aromatic N) is 3. The molecule has 2 aliphatic rings. The Hall–Kier alpha value is -2.14. The molecule has 1 aliphatic heterocycles. The van der Waals surface area contributed by atoms with Crippen molar-refractivity contribution >= 4 is 24.9 Å². The number of anilines is 1. The Bertz CT molecular complexity index is 723. The maximum atomic E-state index is 12.8. The monoisotopic (exact) mass is 407 g/mol. The van der Waals surface area contributed by atoms with Gasteiger partial charge in [-0.3, -0.25) is 9.59 Å². The molecule has 4 N–H and O–H groups in total. The molecule has 0 radical (unpaired) electrons. The minimum Gasteiger partial charge on any atom is -0.426 e. The largest absolute Gasteiger partial charge is 0.475 e. The van der Waals surface area contributed by atoms with Crippen LogP contribution in [0.1, 0.15) is 51.8 Å². The van der Waals surface area contributed by atoms with Gasteiger partial charge in [0.2, 0.25) is 17.7 Å². The first kappa shape index (κ1) is 21.6. The third kappa shape index (κ3) is 5.69. The summed E-state index contributed by atoms with van der Waals surface area (Å²) in [7, 11) is -1.65. The first-order valence-corrected chi connectivity index (χ1v) is 10.3. The summed E-state index contributed by atoms with van der Waals surface area (Å²) in [5.41, 5.74) is 0. The first-order chi connectivity index (χ1) is 13.7. The highest BCUT2D eigenvalue weighted by atomic mass is 16.4. The molecule has 1 aliphatic carbocycles. The van der Waals surface area contributed by atoms with Gasteiger partial charge in [0, 0.05) is 13.5 Å². The maximum absolute atomic E-state index is 12.8. The van der Waals surface area contributed by atoms with Crippen LogP contribution in [0.4, 0.5) is 6.01 Å². The Labute approximate surface area is 170 Å². The molecule has 0 spiro atoms. The van der Waals surface area contributed by atoms with Gasteiger partial charge in [-0.15, -0.1) is 5.10 Å². The number of rotatable bonds is 10. The van der Waals surface area contributed by atoms with Crippen LogP contribution in [0.2, 0.25) is 0 Å². The van der Waals surface area contributed by atoms with E-state index >= 15 is 0 Å². The van der Waals surface area contributed by atoms with Gasteiger partial charge < -0.3 is 30.0 Å². The molecule has 10 nitrogen and oxygen atoms in total. The second kappa shape index (κ2) is 9.12. The van der Waals surface area contributed by atoms with Crippen molar-refractivity contribution in [2.75, 3.05) is 11.4 Å². The number of aromatic nitrogens is 2. The average Bonchev–Trinajstić information content (AvgIpc) is 3.32. The quantitative estimate of drug-likeness (QED) is 0.391. The predicted octanol–water partition coefficient (Wildman–Crippen LogP) is -0.215. The molecule has 3 rings (SSSR count). The van der Waals surface area contributed by atoms with Crippen LogP contribution in [0.15, 0.2) is 4.42 Å². The van der Waals surface area contributed by atoms with Crippen LogP contribution in [0, 0.1) is 18.8 Å². The van der Waals surface area contributed by atoms with Crippen molar-refractivity contribution in [2.24, 2.45) is 11.8 Å². The van der Waals surface area contributed by atoms with Crippen molar-refractivity contribution in [3.8, 4) is 0 Å². The lowest BCUT2D eigenvalue weighted by atomic mass is 9.75. The fourth-order valence-corrected chi connectivity index (χ4v) is 3.52. The van der Waals surface area contributed by atoms with Gasteiger partial charge in [-0.25, -0.2) is 0 Å². The van der Waals surface area contributed by atoms with E-state index in [-0.39, 0.29) is 17.7 Å². The normalized spacial score (nSPS) is 20.8. The summed E-state index contributed by atoms with van der Waals surface area (Å²) >= 11 is 0. The number of hydrogen-bond donors (Lipinski definition) is 4. The molecule has 1 saturated heterocycles. The Kier molecular flexibility index (Phi) is 6.79. The van der Waals surface area contributed by atoms with E-state index in [0.29, 0.717) is 43.6 Å². The lowest BCUT2D eigenvalue weighted by Crippen LogP contribution is -2.61. The van der Waals surface area contributed by atoms with Gasteiger partial charge >= 0.3 is 13.1 Å². The third-order valence-electron chi connectivity index (χ3n) is 5.40. The van der Waals surface area contributed by atoms with Crippen LogP contribution < -0.4 is 15.5 Å². The summed E-state index contributed by atoms with van der Waals surface area (Å²) in [5, 5.41) is 32.5. The standard InChI is InChI=1S/C18H30BN5O5/c1-10(2)8-15(19(27)28)21-16(25)13(9-12-4-5-12)20-17(26)14-6-7-24(14)18-23-22-11(3)29-18/h10,12-15,27-28H,4-9H2,1-3H3,(H,20,26)(H,21,25)/t13-,14-,15-/m0/s1. The van der Waals surface area contributed by atoms with E-state index < -0.39 is 25.1 Å². The molecule has 1 aromatic heterocycles. The van der Waals surface area contributed by atoms with Gasteiger partial charge in [0.1, 0.15) is 12.1 Å². The summed E-state index contributed by atoms with van der Waals surface area (Å²) in [6.07, 6.45) is 3.68. The zero-order valence-corrected chi connectivity index (χ0v) is 17.2. The van der Waals surface area contributed by atoms with E-state index in [1.807, 2.05) is 13.8 Å². The summed E-state index contributed by atoms with van der Waals surface area (Å²) in [5.74, 6) is -0.412. The minimum atomic E-state index is -1.65. The van der Waals surface area contributed by atoms with E-state index in [2.05, 4.69) is 20.8 Å². The Morgan fingerprint density at radius 1 is 1.24 bits per heavy atom. The van der Waals surface area contributed by atoms with Gasteiger partial charge in [-0.1, -0.05) is 31.8 Å². The van der Waals surface area contributed by atoms with Crippen LogP contribution in [-0.2, 0) is 9.59 Å². The zero-order chi connectivity index (χ0) is 21.1. The van der Waals surface area contributed by atoms with Crippen LogP contribution in [0.25, 0.3) is 0 Å². The fraction of sp³-hybridized carbons (Fsp3) is 0.778. The molecular formula is C18H30BN5O5. The highest BCUT2D eigenvalue weighted by Gasteiger charge is 2.40. The van der Waals surface area contributed by atoms with Crippen LogP contribution in [0.3, 0.4) is 0 Å². The molecule has 29 heavy (non-hydrogen) atoms. The number of hydrogen-bond acceptors (Lipinski definition) is 8. The van der Waals surface area contributed by atoms with Crippen molar-refractivity contribution in [1.29, 1.82) is 0 Å². The highest BCUT2D eigenvalue weighted by Crippen LogP contribution is 2.34. The molecule has 1 aromatic rings. The minimum absolute atomic E-state index is 0.181. The predicted molar refractivity (Wildman–Crippen MR) is 106 cm³/mol. The summed E-state index contributed by atoms with van der Waals surface area (Å²) < 4.78 is 5.40. The molecule has 160 valence electrons. The lowest BCUT2D eigenvalue weighted by molar-refractivity contribution is -0.130. The average molecular weight is 407 g/mol. The van der Waals surface area contributed by atoms with E-state index in [0.717, 1.165) is 12.8 Å². The van der Waals surface area contributed by atoms with Gasteiger partial charge in [-0.05, 0) is 31.1 Å². The zero-order valence-electron chi connectivity index (χ0n) is 17.2. The van der Waals surface area contributed by atoms with Gasteiger partial charge in [0.15, 0.2) is 0 Å². The van der Waals surface area contributed by atoms with Crippen molar-refractivity contribution in [1.82, 2.24) is 20.8 Å². The molecule has 0 aromatic carbocycles. The van der Waals surface area contributed by atoms with Crippen molar-refractivity contribution < 1.29 is 24.1 Å². The first-order valence-electron chi connectivity index (χ1n) is 10.3. The second-order valence-corrected chi connectivity index (χ2v) is 8.50. The fourth-order valence-electron chi connectivity index (χ4n) is 3.52. The van der Waals surface area contributed by atoms with Gasteiger partial charge in [0.05, 0.1) is 5.94 Å². The Balaban J connectivity index is 1.62. The third-order valence-corrected chi connectivity index (χ3v) is 5.40. The number of carbonyl (C=O) groups excluding carboxylic acids is 2. The number of nitrogens with one attached hydrogen (secondary N) is 2. The molecule has 0 unspecified atom stereocenters. The Morgan fingerprint density at radius 3 is 2.45 bits per heavy atom. The van der Waals surface area contributed by atoms with Crippen LogP contribution in [0.5, 0.6) is 0 Å². The van der Waals surface area contributed by atoms with E-state index in [1.165, 1.54) is 0 Å². The smallest absolute Gasteiger partial charge is 0.426 e. The Morgan fingerprint density at radius 2 is 1.97 bits per heavy atom. The molecule has 2 fully saturated rings. The number of carbonyl (C=O) groups is 2. The SMILES string of the molecule is Cc1nnc(N2CC[C@H]2C(=O)N[C@@H](CC2CC2)C(=O)N[C@@H](CC(C)C)B(O)O)o1. The topological polar surface area (TPSA) is 141 Å². The van der Waals surface area contributed by atoms with E-state index in [9.17, 15) is 19.6 Å². The summed E-state index contributed by atoms with van der Waals surface area (Å²) in [4.78, 5) is 27.4. The molecule has 0 bridgehead atoms. The molecule has 3 atom stereocenters. The molecule has 11 heteroatoms. The maximum Gasteiger partial charge on any atom is 0.475 e. The summed E-state index contributed by atoms with van der Waals surface area (Å²) in [6.45, 7) is 6.20. The highest BCUT2D eigenvalue weighted by molar-refractivity contribution is 6.43. The lowest BCUT2D eigenvalue weighted by Gasteiger charge is -2.38. The van der Waals surface area contributed by atoms with Gasteiger partial charge in [0.25, 0.3) is 0 Å². The van der Waals surface area contributed by atoms with Gasteiger partial charge in [-0.2, -0.15) is 0 Å². The van der Waals surface area contributed by atoms with Crippen LogP contribution >= 0.6 is 0 Å². The second-order valence-electron chi connectivity index (χ2n) is 8.50. The molecule has 1 saturated carbocycles. The van der Waals surface area contributed by atoms with E-state index in [1.54, 1.807) is 11.8 Å². The van der Waals surface area contributed by atoms with E-state index in [4.69, 9.17) is 4.42 Å². The molecular weight excluding hydrogens is 377 g/mol. The van der Waals surface area contributed by atoms with Crippen molar-refractivity contribution in [2.45, 2.75) is 70.9 Å². The van der Waals surface area contributed by atoms with Crippen molar-refractivity contribution in [3.05, 3.63) is 5.89 Å². The molecule has 2 amide bonds. The summed E-state index contributed by atoms with van der Waals surface area (Å²) in [6, 6.07) is -0.868. The molecule has 2 heterocycles. The number of amides is 2. The van der Waals surface area contributed by atoms with Crippen LogP contribution in [-0.4, -0.2) is 63.7 Å².